The first kappa shape index (κ1) is 54.1. The Balaban J connectivity index is 0.000000760. The van der Waals surface area contributed by atoms with Gasteiger partial charge in [0, 0.05) is 21.1 Å². The summed E-state index contributed by atoms with van der Waals surface area (Å²) in [6.45, 7) is 19.2. The molecule has 0 N–H and O–H groups in total. The van der Waals surface area contributed by atoms with Crippen molar-refractivity contribution in [2.75, 3.05) is 0 Å². The zero-order valence-electron chi connectivity index (χ0n) is 33.6. The van der Waals surface area contributed by atoms with Crippen molar-refractivity contribution in [2.45, 2.75) is 75.3 Å². The molecule has 6 aromatic carbocycles. The molecule has 0 aliphatic carbocycles. The van der Waals surface area contributed by atoms with Crippen molar-refractivity contribution < 1.29 is 42.1 Å². The zero-order valence-corrected chi connectivity index (χ0v) is 45.2. The summed E-state index contributed by atoms with van der Waals surface area (Å²) in [5.74, 6) is 0. The first-order valence-electron chi connectivity index (χ1n) is 17.9. The fourth-order valence-corrected chi connectivity index (χ4v) is 8.97. The first-order valence-corrected chi connectivity index (χ1v) is 23.2. The summed E-state index contributed by atoms with van der Waals surface area (Å²) < 4.78 is 1.12. The molecule has 6 aromatic rings. The van der Waals surface area contributed by atoms with Gasteiger partial charge in [0.25, 0.3) is 0 Å². The van der Waals surface area contributed by atoms with Crippen LogP contribution < -0.4 is 31.8 Å². The number of benzene rings is 6. The summed E-state index contributed by atoms with van der Waals surface area (Å²) in [6.07, 6.45) is 0. The van der Waals surface area contributed by atoms with Gasteiger partial charge in [0.15, 0.2) is 0 Å². The summed E-state index contributed by atoms with van der Waals surface area (Å²) in [6, 6.07) is 64.7. The molecule has 0 saturated heterocycles. The Labute approximate surface area is 391 Å². The minimum atomic E-state index is -0.446. The quantitative estimate of drug-likeness (QED) is 0.115. The molecule has 7 heteroatoms. The van der Waals surface area contributed by atoms with Crippen molar-refractivity contribution >= 4 is 95.7 Å². The Bertz CT molecular complexity index is 1420. The van der Waals surface area contributed by atoms with Crippen LogP contribution >= 0.6 is 15.8 Å². The smallest absolute Gasteiger partial charge is 0 e. The van der Waals surface area contributed by atoms with E-state index in [0.717, 1.165) is 0 Å². The molecule has 0 aliphatic heterocycles. The Morgan fingerprint density at radius 1 is 0.273 bits per heavy atom. The molecular weight excluding hydrogens is 1270 g/mol. The third-order valence-corrected chi connectivity index (χ3v) is 11.0. The summed E-state index contributed by atoms with van der Waals surface area (Å²) in [4.78, 5) is 0. The van der Waals surface area contributed by atoms with E-state index in [-0.39, 0.29) is 42.1 Å². The van der Waals surface area contributed by atoms with E-state index >= 15 is 0 Å². The van der Waals surface area contributed by atoms with Crippen LogP contribution in [0.1, 0.15) is 62.3 Å². The number of rotatable bonds is 6. The molecule has 55 heavy (non-hydrogen) atoms. The average molecular weight is 1320 g/mol. The second-order valence-corrected chi connectivity index (χ2v) is 27.2. The minimum absolute atomic E-state index is 0. The van der Waals surface area contributed by atoms with E-state index in [1.165, 1.54) is 31.8 Å². The molecule has 0 atom stereocenters. The minimum Gasteiger partial charge on any atom is -0.0622 e. The van der Waals surface area contributed by atoms with E-state index in [2.05, 4.69) is 292 Å². The second kappa shape index (κ2) is 28.5. The molecule has 0 amide bonds. The Morgan fingerprint density at radius 2 is 0.364 bits per heavy atom. The Kier molecular flexibility index (Phi) is 28.1. The van der Waals surface area contributed by atoms with Crippen LogP contribution in [-0.4, -0.2) is 48.0 Å². The molecule has 3 radical (unpaired) electrons. The SMILES string of the molecule is CC(C)(C)[Se].CC(C)(C)[Se].CC(C)(C)[Se].[PtH].[Pt].c1ccc(P(c2ccccc2)c2ccccc2)cc1.c1ccc(P(c2ccccc2)c2ccccc2)cc1. The van der Waals surface area contributed by atoms with Crippen LogP contribution in [0.3, 0.4) is 0 Å². The summed E-state index contributed by atoms with van der Waals surface area (Å²) in [5.41, 5.74) is 0. The van der Waals surface area contributed by atoms with Gasteiger partial charge in [0.2, 0.25) is 0 Å². The molecule has 0 saturated carbocycles. The Hall–Kier alpha value is -0.885. The van der Waals surface area contributed by atoms with Gasteiger partial charge in [-0.25, -0.2) is 0 Å². The summed E-state index contributed by atoms with van der Waals surface area (Å²) in [7, 11) is -0.892. The van der Waals surface area contributed by atoms with E-state index in [1.807, 2.05) is 0 Å². The predicted octanol–water partition coefficient (Wildman–Crippen LogP) is 10.7. The van der Waals surface area contributed by atoms with E-state index in [9.17, 15) is 0 Å². The summed E-state index contributed by atoms with van der Waals surface area (Å²) >= 11 is 8.94. The van der Waals surface area contributed by atoms with E-state index in [4.69, 9.17) is 0 Å². The third-order valence-electron chi connectivity index (χ3n) is 6.09. The second-order valence-electron chi connectivity index (χ2n) is 15.0. The predicted molar refractivity (Wildman–Crippen MR) is 248 cm³/mol. The van der Waals surface area contributed by atoms with Gasteiger partial charge in [0.1, 0.15) is 0 Å². The molecule has 0 fully saturated rings. The third kappa shape index (κ3) is 27.4. The fraction of sp³-hybridized carbons (Fsp3) is 0.250. The molecule has 0 unspecified atom stereocenters. The van der Waals surface area contributed by atoms with Gasteiger partial charge in [-0.2, -0.15) is 0 Å². The molecule has 0 nitrogen and oxygen atoms in total. The normalized spacial score (nSPS) is 10.6. The van der Waals surface area contributed by atoms with Crippen molar-refractivity contribution in [1.29, 1.82) is 0 Å². The van der Waals surface area contributed by atoms with Gasteiger partial charge >= 0.3 is 144 Å². The number of hydrogen-bond acceptors (Lipinski definition) is 0. The standard InChI is InChI=1S/2C18H15P.3C4H9Se.2Pt.H/c2*1-4-10-16(11-5-1)19(17-12-6-2-7-13-17)18-14-8-3-9-15-18;3*1-4(2,3)5;;;/h2*1-15H;3*1-3H3;;;. The van der Waals surface area contributed by atoms with Crippen LogP contribution in [0.15, 0.2) is 182 Å². The van der Waals surface area contributed by atoms with Crippen molar-refractivity contribution in [1.82, 2.24) is 0 Å². The largest absolute Gasteiger partial charge is 0.0622 e. The molecule has 0 heterocycles. The molecule has 0 aromatic heterocycles. The van der Waals surface area contributed by atoms with Crippen molar-refractivity contribution in [3.05, 3.63) is 182 Å². The van der Waals surface area contributed by atoms with Crippen molar-refractivity contribution in [3.8, 4) is 0 Å². The monoisotopic (exact) mass is 1330 g/mol. The van der Waals surface area contributed by atoms with Crippen molar-refractivity contribution in [2.24, 2.45) is 0 Å². The molecular formula is C48H58P2Pt2Se3. The van der Waals surface area contributed by atoms with E-state index in [1.54, 1.807) is 0 Å². The van der Waals surface area contributed by atoms with E-state index < -0.39 is 15.8 Å². The van der Waals surface area contributed by atoms with Crippen molar-refractivity contribution in [3.63, 3.8) is 0 Å². The van der Waals surface area contributed by atoms with Gasteiger partial charge in [0.05, 0.1) is 0 Å². The maximum Gasteiger partial charge on any atom is 0 e. The molecule has 0 bridgehead atoms. The van der Waals surface area contributed by atoms with Crippen LogP contribution in [0.2, 0.25) is 12.9 Å². The van der Waals surface area contributed by atoms with E-state index in [0.29, 0.717) is 12.9 Å². The van der Waals surface area contributed by atoms with Crippen LogP contribution in [0.4, 0.5) is 0 Å². The maximum atomic E-state index is 2.98. The molecule has 0 spiro atoms. The molecule has 6 rings (SSSR count). The average Bonchev–Trinajstić information content (AvgIpc) is 3.10. The van der Waals surface area contributed by atoms with Gasteiger partial charge < -0.3 is 0 Å². The Morgan fingerprint density at radius 3 is 0.455 bits per heavy atom. The van der Waals surface area contributed by atoms with Crippen LogP contribution in [-0.2, 0) is 42.1 Å². The van der Waals surface area contributed by atoms with Gasteiger partial charge in [-0.3, -0.25) is 0 Å². The first-order chi connectivity index (χ1) is 24.9. The van der Waals surface area contributed by atoms with Gasteiger partial charge in [-0.1, -0.05) is 182 Å². The molecule has 0 aliphatic rings. The van der Waals surface area contributed by atoms with Crippen LogP contribution in [0.25, 0.3) is 0 Å². The van der Waals surface area contributed by atoms with Gasteiger partial charge in [-0.15, -0.1) is 0 Å². The number of hydrogen-bond donors (Lipinski definition) is 0. The van der Waals surface area contributed by atoms with Crippen LogP contribution in [0, 0.1) is 0 Å². The topological polar surface area (TPSA) is 0 Å². The fourth-order valence-electron chi connectivity index (χ4n) is 4.36. The maximum absolute atomic E-state index is 2.98. The molecule has 298 valence electrons. The summed E-state index contributed by atoms with van der Waals surface area (Å²) in [5, 5.41) is 8.39. The van der Waals surface area contributed by atoms with Gasteiger partial charge in [-0.05, 0) is 47.7 Å². The zero-order chi connectivity index (χ0) is 39.3. The van der Waals surface area contributed by atoms with Crippen LogP contribution in [0.5, 0.6) is 0 Å².